The van der Waals surface area contributed by atoms with Crippen molar-refractivity contribution in [1.82, 2.24) is 10.3 Å². The summed E-state index contributed by atoms with van der Waals surface area (Å²) < 4.78 is 5.72. The van der Waals surface area contributed by atoms with Crippen molar-refractivity contribution >= 4 is 22.9 Å². The first kappa shape index (κ1) is 13.9. The van der Waals surface area contributed by atoms with Gasteiger partial charge in [-0.2, -0.15) is 0 Å². The summed E-state index contributed by atoms with van der Waals surface area (Å²) >= 11 is 7.57. The van der Waals surface area contributed by atoms with Gasteiger partial charge in [0.1, 0.15) is 17.4 Å². The van der Waals surface area contributed by atoms with Gasteiger partial charge in [0.05, 0.1) is 5.69 Å². The Morgan fingerprint density at radius 3 is 2.80 bits per heavy atom. The largest absolute Gasteiger partial charge is 0.486 e. The zero-order valence-corrected chi connectivity index (χ0v) is 12.9. The number of hydrogen-bond acceptors (Lipinski definition) is 4. The molecule has 1 aliphatic rings. The maximum Gasteiger partial charge on any atom is 0.140 e. The van der Waals surface area contributed by atoms with Gasteiger partial charge in [-0.3, -0.25) is 0 Å². The minimum absolute atomic E-state index is 0.510. The number of hydrogen-bond donors (Lipinski definition) is 1. The Labute approximate surface area is 127 Å². The molecule has 0 atom stereocenters. The molecule has 1 N–H and O–H groups in total. The monoisotopic (exact) mass is 308 g/mol. The molecule has 1 heterocycles. The van der Waals surface area contributed by atoms with Gasteiger partial charge in [0.25, 0.3) is 0 Å². The third-order valence-corrected chi connectivity index (χ3v) is 4.62. The van der Waals surface area contributed by atoms with Crippen molar-refractivity contribution in [3.63, 3.8) is 0 Å². The standard InChI is InChI=1S/C15H17ClN2OS/c1-10-14(8-17-12-4-5-12)20-15(18-10)9-19-13-6-2-11(16)3-7-13/h2-3,6-7,12,17H,4-5,8-9H2,1H3. The van der Waals surface area contributed by atoms with E-state index in [1.807, 2.05) is 24.3 Å². The Morgan fingerprint density at radius 1 is 1.35 bits per heavy atom. The summed E-state index contributed by atoms with van der Waals surface area (Å²) in [6, 6.07) is 8.13. The molecule has 0 spiro atoms. The minimum Gasteiger partial charge on any atom is -0.486 e. The zero-order valence-electron chi connectivity index (χ0n) is 11.4. The topological polar surface area (TPSA) is 34.1 Å². The van der Waals surface area contributed by atoms with E-state index in [-0.39, 0.29) is 0 Å². The molecule has 0 saturated heterocycles. The van der Waals surface area contributed by atoms with Crippen LogP contribution >= 0.6 is 22.9 Å². The molecule has 1 aromatic heterocycles. The van der Waals surface area contributed by atoms with Crippen molar-refractivity contribution in [3.8, 4) is 5.75 Å². The first-order chi connectivity index (χ1) is 9.70. The van der Waals surface area contributed by atoms with Gasteiger partial charge in [-0.1, -0.05) is 11.6 Å². The third-order valence-electron chi connectivity index (χ3n) is 3.24. The first-order valence-electron chi connectivity index (χ1n) is 6.77. The summed E-state index contributed by atoms with van der Waals surface area (Å²) in [5, 5.41) is 5.26. The molecule has 5 heteroatoms. The van der Waals surface area contributed by atoms with Gasteiger partial charge in [-0.05, 0) is 44.0 Å². The minimum atomic E-state index is 0.510. The second kappa shape index (κ2) is 6.12. The van der Waals surface area contributed by atoms with Gasteiger partial charge in [0.15, 0.2) is 0 Å². The molecule has 1 saturated carbocycles. The fourth-order valence-corrected chi connectivity index (χ4v) is 2.97. The van der Waals surface area contributed by atoms with E-state index >= 15 is 0 Å². The summed E-state index contributed by atoms with van der Waals surface area (Å²) in [6.07, 6.45) is 2.62. The van der Waals surface area contributed by atoms with Crippen molar-refractivity contribution in [3.05, 3.63) is 44.9 Å². The van der Waals surface area contributed by atoms with E-state index < -0.39 is 0 Å². The quantitative estimate of drug-likeness (QED) is 0.878. The lowest BCUT2D eigenvalue weighted by atomic mass is 10.3. The number of rotatable bonds is 6. The highest BCUT2D eigenvalue weighted by atomic mass is 35.5. The van der Waals surface area contributed by atoms with E-state index in [4.69, 9.17) is 16.3 Å². The smallest absolute Gasteiger partial charge is 0.140 e. The Morgan fingerprint density at radius 2 is 2.10 bits per heavy atom. The number of nitrogens with one attached hydrogen (secondary N) is 1. The SMILES string of the molecule is Cc1nc(COc2ccc(Cl)cc2)sc1CNC1CC1. The average Bonchev–Trinajstić information content (AvgIpc) is 3.20. The van der Waals surface area contributed by atoms with E-state index in [9.17, 15) is 0 Å². The van der Waals surface area contributed by atoms with Gasteiger partial charge in [0.2, 0.25) is 0 Å². The highest BCUT2D eigenvalue weighted by molar-refractivity contribution is 7.11. The Bertz CT molecular complexity index is 578. The molecule has 3 rings (SSSR count). The number of aryl methyl sites for hydroxylation is 1. The summed E-state index contributed by atoms with van der Waals surface area (Å²) in [6.45, 7) is 3.50. The normalized spacial score (nSPS) is 14.5. The van der Waals surface area contributed by atoms with Crippen LogP contribution in [-0.4, -0.2) is 11.0 Å². The van der Waals surface area contributed by atoms with E-state index in [0.29, 0.717) is 6.61 Å². The zero-order chi connectivity index (χ0) is 13.9. The second-order valence-electron chi connectivity index (χ2n) is 5.01. The lowest BCUT2D eigenvalue weighted by Gasteiger charge is -2.03. The molecule has 1 aromatic carbocycles. The molecule has 20 heavy (non-hydrogen) atoms. The van der Waals surface area contributed by atoms with Crippen LogP contribution in [0, 0.1) is 6.92 Å². The molecule has 1 aliphatic carbocycles. The molecule has 106 valence electrons. The Kier molecular flexibility index (Phi) is 4.24. The van der Waals surface area contributed by atoms with Crippen LogP contribution in [-0.2, 0) is 13.2 Å². The molecule has 3 nitrogen and oxygen atoms in total. The van der Waals surface area contributed by atoms with Crippen LogP contribution in [0.2, 0.25) is 5.02 Å². The second-order valence-corrected chi connectivity index (χ2v) is 6.62. The number of nitrogens with zero attached hydrogens (tertiary/aromatic N) is 1. The fourth-order valence-electron chi connectivity index (χ4n) is 1.91. The Hall–Kier alpha value is -1.10. The maximum atomic E-state index is 5.85. The molecule has 0 aliphatic heterocycles. The Balaban J connectivity index is 1.56. The summed E-state index contributed by atoms with van der Waals surface area (Å²) in [5.74, 6) is 0.819. The van der Waals surface area contributed by atoms with Gasteiger partial charge in [-0.15, -0.1) is 11.3 Å². The third kappa shape index (κ3) is 3.72. The van der Waals surface area contributed by atoms with Crippen LogP contribution in [0.3, 0.4) is 0 Å². The van der Waals surface area contributed by atoms with Crippen LogP contribution < -0.4 is 10.1 Å². The van der Waals surface area contributed by atoms with Gasteiger partial charge in [0, 0.05) is 22.5 Å². The number of aromatic nitrogens is 1. The van der Waals surface area contributed by atoms with E-state index in [2.05, 4.69) is 17.2 Å². The lowest BCUT2D eigenvalue weighted by Crippen LogP contribution is -2.14. The predicted molar refractivity (Wildman–Crippen MR) is 82.5 cm³/mol. The van der Waals surface area contributed by atoms with Crippen LogP contribution in [0.4, 0.5) is 0 Å². The van der Waals surface area contributed by atoms with Crippen LogP contribution in [0.15, 0.2) is 24.3 Å². The molecule has 2 aromatic rings. The van der Waals surface area contributed by atoms with Crippen molar-refractivity contribution < 1.29 is 4.74 Å². The van der Waals surface area contributed by atoms with E-state index in [0.717, 1.165) is 34.1 Å². The molecular weight excluding hydrogens is 292 g/mol. The molecular formula is C15H17ClN2OS. The van der Waals surface area contributed by atoms with Crippen molar-refractivity contribution in [2.45, 2.75) is 39.0 Å². The van der Waals surface area contributed by atoms with Crippen molar-refractivity contribution in [2.24, 2.45) is 0 Å². The highest BCUT2D eigenvalue weighted by Gasteiger charge is 2.21. The van der Waals surface area contributed by atoms with Crippen molar-refractivity contribution in [2.75, 3.05) is 0 Å². The van der Waals surface area contributed by atoms with Gasteiger partial charge >= 0.3 is 0 Å². The first-order valence-corrected chi connectivity index (χ1v) is 7.97. The summed E-state index contributed by atoms with van der Waals surface area (Å²) in [4.78, 5) is 5.88. The van der Waals surface area contributed by atoms with Crippen LogP contribution in [0.5, 0.6) is 5.75 Å². The molecule has 0 amide bonds. The fraction of sp³-hybridized carbons (Fsp3) is 0.400. The number of benzene rings is 1. The summed E-state index contributed by atoms with van der Waals surface area (Å²) in [5.41, 5.74) is 1.11. The van der Waals surface area contributed by atoms with Crippen molar-refractivity contribution in [1.29, 1.82) is 0 Å². The molecule has 1 fully saturated rings. The number of halogens is 1. The number of ether oxygens (including phenoxy) is 1. The predicted octanol–water partition coefficient (Wildman–Crippen LogP) is 3.94. The van der Waals surface area contributed by atoms with E-state index in [1.54, 1.807) is 11.3 Å². The molecule has 0 bridgehead atoms. The summed E-state index contributed by atoms with van der Waals surface area (Å²) in [7, 11) is 0. The molecule has 0 radical (unpaired) electrons. The number of thiazole rings is 1. The maximum absolute atomic E-state index is 5.85. The van der Waals surface area contributed by atoms with Crippen LogP contribution in [0.1, 0.15) is 28.4 Å². The molecule has 0 unspecified atom stereocenters. The van der Waals surface area contributed by atoms with E-state index in [1.165, 1.54) is 17.7 Å². The highest BCUT2D eigenvalue weighted by Crippen LogP contribution is 2.24. The van der Waals surface area contributed by atoms with Gasteiger partial charge < -0.3 is 10.1 Å². The average molecular weight is 309 g/mol. The van der Waals surface area contributed by atoms with Crippen LogP contribution in [0.25, 0.3) is 0 Å². The van der Waals surface area contributed by atoms with Gasteiger partial charge in [-0.25, -0.2) is 4.98 Å². The lowest BCUT2D eigenvalue weighted by molar-refractivity contribution is 0.305.